The quantitative estimate of drug-likeness (QED) is 0.851. The van der Waals surface area contributed by atoms with Crippen LogP contribution in [0.2, 0.25) is 0 Å². The van der Waals surface area contributed by atoms with Gasteiger partial charge in [-0.05, 0) is 30.0 Å². The first-order valence-electron chi connectivity index (χ1n) is 7.24. The van der Waals surface area contributed by atoms with E-state index in [1.165, 1.54) is 0 Å². The van der Waals surface area contributed by atoms with Crippen molar-refractivity contribution in [3.05, 3.63) is 46.5 Å². The van der Waals surface area contributed by atoms with Gasteiger partial charge in [0, 0.05) is 18.3 Å². The normalized spacial score (nSPS) is 18.0. The largest absolute Gasteiger partial charge is 0.467 e. The number of hydrogen-bond donors (Lipinski definition) is 0. The molecule has 0 spiro atoms. The molecule has 0 aliphatic carbocycles. The highest BCUT2D eigenvalue weighted by Crippen LogP contribution is 2.24. The average Bonchev–Trinajstić information content (AvgIpc) is 3.23. The minimum absolute atomic E-state index is 0.00851. The molecule has 1 aliphatic rings. The highest BCUT2D eigenvalue weighted by molar-refractivity contribution is 7.09. The number of thiophene rings is 1. The summed E-state index contributed by atoms with van der Waals surface area (Å²) in [7, 11) is 1.79. The summed E-state index contributed by atoms with van der Waals surface area (Å²) in [5.74, 6) is 0.707. The first-order valence-corrected chi connectivity index (χ1v) is 8.12. The monoisotopic (exact) mass is 318 g/mol. The third-order valence-electron chi connectivity index (χ3n) is 3.87. The van der Waals surface area contributed by atoms with Gasteiger partial charge in [-0.25, -0.2) is 0 Å². The van der Waals surface area contributed by atoms with Crippen LogP contribution in [0.3, 0.4) is 0 Å². The molecule has 6 heteroatoms. The van der Waals surface area contributed by atoms with Crippen molar-refractivity contribution < 1.29 is 14.0 Å². The zero-order valence-corrected chi connectivity index (χ0v) is 13.2. The van der Waals surface area contributed by atoms with Crippen molar-refractivity contribution in [1.29, 1.82) is 0 Å². The summed E-state index contributed by atoms with van der Waals surface area (Å²) in [6.45, 7) is 0.935. The SMILES string of the molecule is CN(Cc1cccs1)C(=O)C1CCC(=O)N1Cc1ccco1. The minimum atomic E-state index is -0.387. The van der Waals surface area contributed by atoms with Crippen LogP contribution in [0.1, 0.15) is 23.5 Å². The highest BCUT2D eigenvalue weighted by atomic mass is 32.1. The summed E-state index contributed by atoms with van der Waals surface area (Å²) in [5.41, 5.74) is 0. The van der Waals surface area contributed by atoms with Crippen LogP contribution in [0.5, 0.6) is 0 Å². The number of carbonyl (C=O) groups excluding carboxylic acids is 2. The van der Waals surface area contributed by atoms with Gasteiger partial charge in [0.05, 0.1) is 19.4 Å². The first-order chi connectivity index (χ1) is 10.6. The van der Waals surface area contributed by atoms with Gasteiger partial charge in [-0.3, -0.25) is 9.59 Å². The number of rotatable bonds is 5. The molecule has 3 heterocycles. The molecule has 0 N–H and O–H groups in total. The number of hydrogen-bond acceptors (Lipinski definition) is 4. The maximum atomic E-state index is 12.7. The minimum Gasteiger partial charge on any atom is -0.467 e. The Morgan fingerprint density at radius 2 is 2.32 bits per heavy atom. The number of amides is 2. The van der Waals surface area contributed by atoms with Crippen molar-refractivity contribution in [1.82, 2.24) is 9.80 Å². The topological polar surface area (TPSA) is 53.8 Å². The fourth-order valence-electron chi connectivity index (χ4n) is 2.73. The smallest absolute Gasteiger partial charge is 0.245 e. The van der Waals surface area contributed by atoms with Gasteiger partial charge in [-0.1, -0.05) is 6.07 Å². The Morgan fingerprint density at radius 1 is 1.45 bits per heavy atom. The molecule has 1 fully saturated rings. The Balaban J connectivity index is 1.68. The lowest BCUT2D eigenvalue weighted by molar-refractivity contribution is -0.141. The van der Waals surface area contributed by atoms with Crippen molar-refractivity contribution >= 4 is 23.2 Å². The van der Waals surface area contributed by atoms with Crippen molar-refractivity contribution in [3.63, 3.8) is 0 Å². The molecule has 2 amide bonds. The number of likely N-dealkylation sites (tertiary alicyclic amines) is 1. The van der Waals surface area contributed by atoms with E-state index < -0.39 is 0 Å². The van der Waals surface area contributed by atoms with Gasteiger partial charge in [0.15, 0.2) is 0 Å². The van der Waals surface area contributed by atoms with Gasteiger partial charge in [0.1, 0.15) is 11.8 Å². The Labute approximate surface area is 133 Å². The van der Waals surface area contributed by atoms with E-state index in [2.05, 4.69) is 0 Å². The van der Waals surface area contributed by atoms with E-state index >= 15 is 0 Å². The number of nitrogens with zero attached hydrogens (tertiary/aromatic N) is 2. The molecule has 1 atom stereocenters. The van der Waals surface area contributed by atoms with Crippen LogP contribution in [0.4, 0.5) is 0 Å². The van der Waals surface area contributed by atoms with Crippen LogP contribution in [-0.4, -0.2) is 34.7 Å². The van der Waals surface area contributed by atoms with E-state index in [-0.39, 0.29) is 17.9 Å². The van der Waals surface area contributed by atoms with Crippen LogP contribution < -0.4 is 0 Å². The number of furan rings is 1. The predicted octanol–water partition coefficient (Wildman–Crippen LogP) is 2.49. The molecule has 0 aromatic carbocycles. The third-order valence-corrected chi connectivity index (χ3v) is 4.73. The first kappa shape index (κ1) is 14.8. The Morgan fingerprint density at radius 3 is 3.00 bits per heavy atom. The zero-order valence-electron chi connectivity index (χ0n) is 12.4. The van der Waals surface area contributed by atoms with Gasteiger partial charge in [-0.15, -0.1) is 11.3 Å². The van der Waals surface area contributed by atoms with Crippen molar-refractivity contribution in [2.24, 2.45) is 0 Å². The van der Waals surface area contributed by atoms with E-state index in [1.54, 1.807) is 40.5 Å². The molecule has 0 radical (unpaired) electrons. The van der Waals surface area contributed by atoms with E-state index in [1.807, 2.05) is 23.6 Å². The molecule has 1 unspecified atom stereocenters. The standard InChI is InChI=1S/C16H18N2O3S/c1-17(11-13-5-3-9-22-13)16(20)14-6-7-15(19)18(14)10-12-4-2-8-21-12/h2-5,8-9,14H,6-7,10-11H2,1H3. The van der Waals surface area contributed by atoms with Crippen LogP contribution in [0, 0.1) is 0 Å². The molecule has 0 bridgehead atoms. The Hall–Kier alpha value is -2.08. The van der Waals surface area contributed by atoms with Crippen LogP contribution >= 0.6 is 11.3 Å². The van der Waals surface area contributed by atoms with E-state index in [4.69, 9.17) is 4.42 Å². The van der Waals surface area contributed by atoms with Crippen LogP contribution in [0.25, 0.3) is 0 Å². The lowest BCUT2D eigenvalue weighted by Crippen LogP contribution is -2.44. The van der Waals surface area contributed by atoms with E-state index in [0.717, 1.165) is 4.88 Å². The van der Waals surface area contributed by atoms with Crippen LogP contribution in [0.15, 0.2) is 40.3 Å². The Bertz CT molecular complexity index is 636. The second-order valence-electron chi connectivity index (χ2n) is 5.43. The van der Waals surface area contributed by atoms with Gasteiger partial charge >= 0.3 is 0 Å². The summed E-state index contributed by atoms with van der Waals surface area (Å²) < 4.78 is 5.30. The Kier molecular flexibility index (Phi) is 4.29. The number of likely N-dealkylation sites (N-methyl/N-ethyl adjacent to an activating group) is 1. The maximum absolute atomic E-state index is 12.7. The molecule has 2 aromatic rings. The molecule has 116 valence electrons. The summed E-state index contributed by atoms with van der Waals surface area (Å²) in [5, 5.41) is 2.00. The van der Waals surface area contributed by atoms with Gasteiger partial charge < -0.3 is 14.2 Å². The zero-order chi connectivity index (χ0) is 15.5. The fourth-order valence-corrected chi connectivity index (χ4v) is 3.48. The van der Waals surface area contributed by atoms with Gasteiger partial charge in [-0.2, -0.15) is 0 Å². The van der Waals surface area contributed by atoms with Gasteiger partial charge in [0.2, 0.25) is 11.8 Å². The molecular formula is C16H18N2O3S. The lowest BCUT2D eigenvalue weighted by Gasteiger charge is -2.27. The van der Waals surface area contributed by atoms with E-state index in [9.17, 15) is 9.59 Å². The molecule has 1 aliphatic heterocycles. The predicted molar refractivity (Wildman–Crippen MR) is 83.1 cm³/mol. The second-order valence-corrected chi connectivity index (χ2v) is 6.46. The van der Waals surface area contributed by atoms with Crippen molar-refractivity contribution in [2.45, 2.75) is 32.0 Å². The summed E-state index contributed by atoms with van der Waals surface area (Å²) in [6.07, 6.45) is 2.58. The highest BCUT2D eigenvalue weighted by Gasteiger charge is 2.37. The molecule has 3 rings (SSSR count). The van der Waals surface area contributed by atoms with Crippen LogP contribution in [-0.2, 0) is 22.7 Å². The van der Waals surface area contributed by atoms with E-state index in [0.29, 0.717) is 31.7 Å². The summed E-state index contributed by atoms with van der Waals surface area (Å²) in [4.78, 5) is 29.2. The summed E-state index contributed by atoms with van der Waals surface area (Å²) >= 11 is 1.63. The number of carbonyl (C=O) groups is 2. The third kappa shape index (κ3) is 3.06. The molecule has 22 heavy (non-hydrogen) atoms. The molecule has 0 saturated carbocycles. The van der Waals surface area contributed by atoms with Gasteiger partial charge in [0.25, 0.3) is 0 Å². The molecular weight excluding hydrogens is 300 g/mol. The summed E-state index contributed by atoms with van der Waals surface area (Å²) in [6, 6.07) is 7.20. The van der Waals surface area contributed by atoms with Crippen molar-refractivity contribution in [2.75, 3.05) is 7.05 Å². The second kappa shape index (κ2) is 6.36. The maximum Gasteiger partial charge on any atom is 0.245 e. The molecule has 2 aromatic heterocycles. The molecule has 5 nitrogen and oxygen atoms in total. The average molecular weight is 318 g/mol. The fraction of sp³-hybridized carbons (Fsp3) is 0.375. The van der Waals surface area contributed by atoms with Crippen molar-refractivity contribution in [3.8, 4) is 0 Å². The molecule has 1 saturated heterocycles. The lowest BCUT2D eigenvalue weighted by atomic mass is 10.2.